The van der Waals surface area contributed by atoms with Crippen molar-refractivity contribution < 1.29 is 18.3 Å². The van der Waals surface area contributed by atoms with Crippen molar-refractivity contribution in [1.29, 1.82) is 0 Å². The van der Waals surface area contributed by atoms with Gasteiger partial charge in [0.15, 0.2) is 5.75 Å². The molecule has 20 heavy (non-hydrogen) atoms. The van der Waals surface area contributed by atoms with Gasteiger partial charge in [-0.25, -0.2) is 8.42 Å². The van der Waals surface area contributed by atoms with Gasteiger partial charge in [-0.1, -0.05) is 13.8 Å². The maximum Gasteiger partial charge on any atom is 0.320 e. The fourth-order valence-corrected chi connectivity index (χ4v) is 2.56. The number of nitrogens with zero attached hydrogens (tertiary/aromatic N) is 3. The molecule has 0 aliphatic heterocycles. The van der Waals surface area contributed by atoms with Crippen LogP contribution in [-0.2, 0) is 21.4 Å². The van der Waals surface area contributed by atoms with E-state index in [0.717, 1.165) is 19.6 Å². The van der Waals surface area contributed by atoms with Gasteiger partial charge in [-0.2, -0.15) is 5.10 Å². The molecule has 1 heterocycles. The Morgan fingerprint density at radius 1 is 1.45 bits per heavy atom. The molecular weight excluding hydrogens is 284 g/mol. The van der Waals surface area contributed by atoms with E-state index in [9.17, 15) is 13.2 Å². The first-order chi connectivity index (χ1) is 9.36. The van der Waals surface area contributed by atoms with Gasteiger partial charge in [0.1, 0.15) is 0 Å². The summed E-state index contributed by atoms with van der Waals surface area (Å²) in [6.45, 7) is 7.47. The Hall–Kier alpha value is -1.61. The summed E-state index contributed by atoms with van der Waals surface area (Å²) in [5.74, 6) is -2.36. The molecule has 0 atom stereocenters. The molecule has 0 saturated carbocycles. The molecule has 0 saturated heterocycles. The lowest BCUT2D eigenvalue weighted by Crippen LogP contribution is -2.27. The standard InChI is InChI=1S/C11H20N4O4S/c1-3-14(4-2)5-6-15-8-10(7-12-15)13-20(18,19)9-11(16)17/h7-8,13H,3-6,9H2,1-2H3,(H,16,17). The average molecular weight is 304 g/mol. The highest BCUT2D eigenvalue weighted by Gasteiger charge is 2.16. The van der Waals surface area contributed by atoms with Crippen molar-refractivity contribution >= 4 is 21.7 Å². The number of likely N-dealkylation sites (N-methyl/N-ethyl adjacent to an activating group) is 1. The maximum atomic E-state index is 11.4. The van der Waals surface area contributed by atoms with Crippen molar-refractivity contribution in [3.63, 3.8) is 0 Å². The van der Waals surface area contributed by atoms with Crippen molar-refractivity contribution in [3.8, 4) is 0 Å². The first-order valence-electron chi connectivity index (χ1n) is 6.33. The van der Waals surface area contributed by atoms with Gasteiger partial charge in [-0.05, 0) is 13.1 Å². The summed E-state index contributed by atoms with van der Waals surface area (Å²) in [7, 11) is -3.87. The van der Waals surface area contributed by atoms with E-state index in [-0.39, 0.29) is 5.69 Å². The number of hydrogen-bond donors (Lipinski definition) is 2. The number of aliphatic carboxylic acids is 1. The Bertz CT molecular complexity index is 536. The summed E-state index contributed by atoms with van der Waals surface area (Å²) in [6, 6.07) is 0. The molecule has 0 radical (unpaired) electrons. The van der Waals surface area contributed by atoms with Crippen LogP contribution in [-0.4, -0.2) is 59.6 Å². The minimum absolute atomic E-state index is 0.269. The number of sulfonamides is 1. The summed E-state index contributed by atoms with van der Waals surface area (Å²) in [5, 5.41) is 12.5. The molecule has 0 bridgehead atoms. The largest absolute Gasteiger partial charge is 0.480 e. The summed E-state index contributed by atoms with van der Waals surface area (Å²) in [5.41, 5.74) is 0.269. The Balaban J connectivity index is 2.57. The maximum absolute atomic E-state index is 11.4. The van der Waals surface area contributed by atoms with Crippen molar-refractivity contribution in [2.75, 3.05) is 30.1 Å². The van der Waals surface area contributed by atoms with Crippen LogP contribution in [0.25, 0.3) is 0 Å². The number of hydrogen-bond acceptors (Lipinski definition) is 5. The first kappa shape index (κ1) is 16.4. The summed E-state index contributed by atoms with van der Waals surface area (Å²) >= 11 is 0. The number of rotatable bonds is 9. The van der Waals surface area contributed by atoms with Crippen LogP contribution in [0.4, 0.5) is 5.69 Å². The fraction of sp³-hybridized carbons (Fsp3) is 0.636. The van der Waals surface area contributed by atoms with E-state index in [0.29, 0.717) is 6.54 Å². The summed E-state index contributed by atoms with van der Waals surface area (Å²) < 4.78 is 26.7. The van der Waals surface area contributed by atoms with E-state index in [1.165, 1.54) is 6.20 Å². The number of nitrogens with one attached hydrogen (secondary N) is 1. The predicted octanol–water partition coefficient (Wildman–Crippen LogP) is 0.0512. The van der Waals surface area contributed by atoms with Gasteiger partial charge in [-0.3, -0.25) is 14.2 Å². The molecule has 1 aromatic heterocycles. The van der Waals surface area contributed by atoms with Crippen LogP contribution in [0, 0.1) is 0 Å². The normalized spacial score (nSPS) is 11.8. The Labute approximate surface area is 118 Å². The van der Waals surface area contributed by atoms with Crippen LogP contribution in [0.2, 0.25) is 0 Å². The quantitative estimate of drug-likeness (QED) is 0.668. The molecule has 0 fully saturated rings. The lowest BCUT2D eigenvalue weighted by Gasteiger charge is -2.17. The molecule has 0 aliphatic carbocycles. The fourth-order valence-electron chi connectivity index (χ4n) is 1.70. The van der Waals surface area contributed by atoms with Crippen LogP contribution in [0.5, 0.6) is 0 Å². The van der Waals surface area contributed by atoms with E-state index >= 15 is 0 Å². The molecule has 114 valence electrons. The third-order valence-corrected chi connectivity index (χ3v) is 3.93. The number of carboxylic acid groups (broad SMARTS) is 1. The number of aromatic nitrogens is 2. The van der Waals surface area contributed by atoms with Gasteiger partial charge in [0.25, 0.3) is 0 Å². The van der Waals surface area contributed by atoms with E-state index in [2.05, 4.69) is 28.6 Å². The van der Waals surface area contributed by atoms with Gasteiger partial charge in [0.2, 0.25) is 10.0 Å². The third-order valence-electron chi connectivity index (χ3n) is 2.76. The van der Waals surface area contributed by atoms with Crippen LogP contribution in [0.15, 0.2) is 12.4 Å². The smallest absolute Gasteiger partial charge is 0.320 e. The van der Waals surface area contributed by atoms with Crippen LogP contribution in [0.1, 0.15) is 13.8 Å². The lowest BCUT2D eigenvalue weighted by molar-refractivity contribution is -0.134. The van der Waals surface area contributed by atoms with Crippen LogP contribution >= 0.6 is 0 Å². The molecular formula is C11H20N4O4S. The highest BCUT2D eigenvalue weighted by Crippen LogP contribution is 2.08. The SMILES string of the molecule is CCN(CC)CCn1cc(NS(=O)(=O)CC(=O)O)cn1. The van der Waals surface area contributed by atoms with Gasteiger partial charge in [-0.15, -0.1) is 0 Å². The lowest BCUT2D eigenvalue weighted by atomic mass is 10.4. The van der Waals surface area contributed by atoms with Gasteiger partial charge < -0.3 is 10.0 Å². The topological polar surface area (TPSA) is 105 Å². The molecule has 0 spiro atoms. The molecule has 0 amide bonds. The van der Waals surface area contributed by atoms with E-state index in [1.54, 1.807) is 10.9 Å². The highest BCUT2D eigenvalue weighted by atomic mass is 32.2. The van der Waals surface area contributed by atoms with Gasteiger partial charge in [0, 0.05) is 12.7 Å². The Kier molecular flexibility index (Phi) is 5.96. The molecule has 8 nitrogen and oxygen atoms in total. The molecule has 0 aliphatic rings. The molecule has 2 N–H and O–H groups in total. The molecule has 0 aromatic carbocycles. The molecule has 0 unspecified atom stereocenters. The van der Waals surface area contributed by atoms with E-state index < -0.39 is 21.7 Å². The minimum Gasteiger partial charge on any atom is -0.480 e. The second-order valence-electron chi connectivity index (χ2n) is 4.27. The zero-order valence-electron chi connectivity index (χ0n) is 11.6. The van der Waals surface area contributed by atoms with Gasteiger partial charge >= 0.3 is 5.97 Å². The Morgan fingerprint density at radius 3 is 2.65 bits per heavy atom. The monoisotopic (exact) mass is 304 g/mol. The predicted molar refractivity (Wildman–Crippen MR) is 75.1 cm³/mol. The Morgan fingerprint density at radius 2 is 2.10 bits per heavy atom. The molecule has 1 rings (SSSR count). The van der Waals surface area contributed by atoms with Crippen molar-refractivity contribution in [3.05, 3.63) is 12.4 Å². The second-order valence-corrected chi connectivity index (χ2v) is 6.00. The third kappa shape index (κ3) is 5.57. The highest BCUT2D eigenvalue weighted by molar-refractivity contribution is 7.93. The number of carboxylic acids is 1. The minimum atomic E-state index is -3.87. The molecule has 1 aromatic rings. The van der Waals surface area contributed by atoms with Crippen LogP contribution in [0.3, 0.4) is 0 Å². The summed E-state index contributed by atoms with van der Waals surface area (Å²) in [4.78, 5) is 12.6. The van der Waals surface area contributed by atoms with E-state index in [1.807, 2.05) is 0 Å². The number of carbonyl (C=O) groups is 1. The first-order valence-corrected chi connectivity index (χ1v) is 7.98. The van der Waals surface area contributed by atoms with Crippen molar-refractivity contribution in [2.24, 2.45) is 0 Å². The van der Waals surface area contributed by atoms with Crippen molar-refractivity contribution in [2.45, 2.75) is 20.4 Å². The second kappa shape index (κ2) is 7.25. The number of anilines is 1. The van der Waals surface area contributed by atoms with Gasteiger partial charge in [0.05, 0.1) is 18.4 Å². The molecule has 9 heteroatoms. The van der Waals surface area contributed by atoms with Crippen molar-refractivity contribution in [1.82, 2.24) is 14.7 Å². The zero-order chi connectivity index (χ0) is 15.2. The van der Waals surface area contributed by atoms with E-state index in [4.69, 9.17) is 5.11 Å². The summed E-state index contributed by atoms with van der Waals surface area (Å²) in [6.07, 6.45) is 2.91. The average Bonchev–Trinajstić information content (AvgIpc) is 2.75. The van der Waals surface area contributed by atoms with Crippen LogP contribution < -0.4 is 4.72 Å². The zero-order valence-corrected chi connectivity index (χ0v) is 12.4.